The average molecular weight is 884 g/mol. The molecule has 1 aromatic heterocycles. The van der Waals surface area contributed by atoms with E-state index in [2.05, 4.69) is 237 Å². The maximum atomic E-state index is 4.84. The number of hydrogen-bond acceptors (Lipinski definition) is 1. The lowest BCUT2D eigenvalue weighted by Gasteiger charge is -2.21. The lowest BCUT2D eigenvalue weighted by molar-refractivity contribution is 1.33. The van der Waals surface area contributed by atoms with Crippen LogP contribution in [-0.2, 0) is 0 Å². The van der Waals surface area contributed by atoms with Crippen LogP contribution in [0.15, 0.2) is 249 Å². The maximum absolute atomic E-state index is 4.84. The van der Waals surface area contributed by atoms with Crippen molar-refractivity contribution in [3.05, 3.63) is 249 Å². The molecule has 2 aliphatic rings. The summed E-state index contributed by atoms with van der Waals surface area (Å²) >= 11 is 0. The van der Waals surface area contributed by atoms with E-state index in [1.165, 1.54) is 143 Å². The summed E-state index contributed by atoms with van der Waals surface area (Å²) in [5.41, 5.74) is 24.9. The minimum absolute atomic E-state index is 0.984. The highest BCUT2D eigenvalue weighted by molar-refractivity contribution is 6.31. The van der Waals surface area contributed by atoms with E-state index in [-0.39, 0.29) is 0 Å². The monoisotopic (exact) mass is 883 g/mol. The molecule has 70 heavy (non-hydrogen) atoms. The molecular weight excluding hydrogens is 843 g/mol. The third-order valence-electron chi connectivity index (χ3n) is 15.2. The van der Waals surface area contributed by atoms with Gasteiger partial charge in [0, 0.05) is 11.8 Å². The van der Waals surface area contributed by atoms with Crippen molar-refractivity contribution in [1.29, 1.82) is 0 Å². The second kappa shape index (κ2) is 15.2. The summed E-state index contributed by atoms with van der Waals surface area (Å²) < 4.78 is 0. The molecule has 13 aromatic rings. The molecular formula is C69H41N. The summed E-state index contributed by atoms with van der Waals surface area (Å²) in [5, 5.41) is 10.1. The summed E-state index contributed by atoms with van der Waals surface area (Å²) in [6.45, 7) is 0. The third-order valence-corrected chi connectivity index (χ3v) is 15.2. The Morgan fingerprint density at radius 2 is 0.571 bits per heavy atom. The van der Waals surface area contributed by atoms with Crippen LogP contribution in [0.4, 0.5) is 0 Å². The normalized spacial score (nSPS) is 12.0. The topological polar surface area (TPSA) is 12.9 Å². The summed E-state index contributed by atoms with van der Waals surface area (Å²) in [6.07, 6.45) is 1.89. The molecule has 0 fully saturated rings. The van der Waals surface area contributed by atoms with Gasteiger partial charge in [0.25, 0.3) is 0 Å². The smallest absolute Gasteiger partial charge is 0.0708 e. The van der Waals surface area contributed by atoms with Crippen LogP contribution in [0.1, 0.15) is 0 Å². The van der Waals surface area contributed by atoms with Crippen molar-refractivity contribution in [2.75, 3.05) is 0 Å². The van der Waals surface area contributed by atoms with Gasteiger partial charge in [0.05, 0.1) is 5.69 Å². The van der Waals surface area contributed by atoms with E-state index < -0.39 is 0 Å². The Balaban J connectivity index is 1.03. The zero-order valence-electron chi connectivity index (χ0n) is 38.1. The van der Waals surface area contributed by atoms with Gasteiger partial charge < -0.3 is 0 Å². The summed E-state index contributed by atoms with van der Waals surface area (Å²) in [6, 6.07) is 89.9. The number of benzene rings is 12. The van der Waals surface area contributed by atoms with E-state index in [0.717, 1.165) is 11.3 Å². The fraction of sp³-hybridized carbons (Fsp3) is 0. The first-order valence-corrected chi connectivity index (χ1v) is 24.3. The van der Waals surface area contributed by atoms with Gasteiger partial charge in [-0.15, -0.1) is 0 Å². The van der Waals surface area contributed by atoms with Crippen LogP contribution >= 0.6 is 0 Å². The van der Waals surface area contributed by atoms with Gasteiger partial charge >= 0.3 is 0 Å². The van der Waals surface area contributed by atoms with E-state index in [0.29, 0.717) is 0 Å². The van der Waals surface area contributed by atoms with Crippen LogP contribution in [0.3, 0.4) is 0 Å². The average Bonchev–Trinajstić information content (AvgIpc) is 3.94. The van der Waals surface area contributed by atoms with Gasteiger partial charge in [-0.05, 0) is 161 Å². The van der Waals surface area contributed by atoms with Crippen molar-refractivity contribution in [2.45, 2.75) is 0 Å². The molecule has 1 heteroatoms. The van der Waals surface area contributed by atoms with Crippen LogP contribution < -0.4 is 0 Å². The number of fused-ring (bicyclic) bond motifs is 8. The molecule has 15 rings (SSSR count). The molecule has 0 N–H and O–H groups in total. The van der Waals surface area contributed by atoms with Gasteiger partial charge in [0.1, 0.15) is 0 Å². The Kier molecular flexibility index (Phi) is 8.43. The van der Waals surface area contributed by atoms with E-state index in [4.69, 9.17) is 4.98 Å². The minimum Gasteiger partial charge on any atom is -0.256 e. The molecule has 1 nitrogen and oxygen atoms in total. The summed E-state index contributed by atoms with van der Waals surface area (Å²) in [4.78, 5) is 4.84. The lowest BCUT2D eigenvalue weighted by atomic mass is 9.81. The lowest BCUT2D eigenvalue weighted by Crippen LogP contribution is -1.94. The standard InChI is InChI=1S/C69H41N/c1-5-19-42(20-6-1)60-51-27-13-14-28-52(51)61(43-21-7-2-8-22-43)68-56-38-36-47(49-29-17-31-54(64(49)56)66(60)68)46-34-35-53-58(41-46)63(45-25-11-4-12-26-45)67-55-32-18-30-50-48(59-33-15-16-40-70-59)37-39-57(65(50)55)69(67)62(53)44-23-9-3-10-24-44/h1-41H. The van der Waals surface area contributed by atoms with Gasteiger partial charge in [-0.25, -0.2) is 0 Å². The molecule has 0 radical (unpaired) electrons. The SMILES string of the molecule is c1ccc(-c2c3c(c(-c4ccccc4)c4ccccc24)-c2ccc(-c4ccc5c(-c6ccccc6)c6c(c(-c7ccccc7)c5c4)-c4cccc5c(-c7ccccn7)ccc-6c45)c4cccc-3c24)cc1. The maximum Gasteiger partial charge on any atom is 0.0708 e. The molecule has 0 unspecified atom stereocenters. The Labute approximate surface area is 406 Å². The highest BCUT2D eigenvalue weighted by atomic mass is 14.7. The molecule has 0 amide bonds. The Morgan fingerprint density at radius 1 is 0.200 bits per heavy atom. The molecule has 0 aliphatic heterocycles. The number of rotatable bonds is 6. The van der Waals surface area contributed by atoms with Gasteiger partial charge in [-0.1, -0.05) is 224 Å². The van der Waals surface area contributed by atoms with Crippen molar-refractivity contribution in [3.8, 4) is 111 Å². The molecule has 322 valence electrons. The van der Waals surface area contributed by atoms with Gasteiger partial charge in [0.2, 0.25) is 0 Å². The number of aromatic nitrogens is 1. The predicted octanol–water partition coefficient (Wildman–Crippen LogP) is 19.0. The molecule has 1 heterocycles. The second-order valence-corrected chi connectivity index (χ2v) is 18.8. The van der Waals surface area contributed by atoms with Crippen LogP contribution in [0, 0.1) is 0 Å². The van der Waals surface area contributed by atoms with E-state index in [1.807, 2.05) is 12.3 Å². The summed E-state index contributed by atoms with van der Waals surface area (Å²) in [7, 11) is 0. The van der Waals surface area contributed by atoms with Crippen LogP contribution in [0.2, 0.25) is 0 Å². The minimum atomic E-state index is 0.984. The van der Waals surface area contributed by atoms with E-state index in [9.17, 15) is 0 Å². The third kappa shape index (κ3) is 5.52. The number of hydrogen-bond donors (Lipinski definition) is 0. The quantitative estimate of drug-likeness (QED) is 0.162. The van der Waals surface area contributed by atoms with Gasteiger partial charge in [-0.3, -0.25) is 4.98 Å². The fourth-order valence-electron chi connectivity index (χ4n) is 12.4. The first-order valence-electron chi connectivity index (χ1n) is 24.3. The van der Waals surface area contributed by atoms with Crippen molar-refractivity contribution < 1.29 is 0 Å². The van der Waals surface area contributed by atoms with Crippen molar-refractivity contribution in [3.63, 3.8) is 0 Å². The highest BCUT2D eigenvalue weighted by Gasteiger charge is 2.34. The molecule has 0 spiro atoms. The second-order valence-electron chi connectivity index (χ2n) is 18.8. The number of pyridine rings is 1. The highest BCUT2D eigenvalue weighted by Crippen LogP contribution is 2.61. The molecule has 2 aliphatic carbocycles. The van der Waals surface area contributed by atoms with Crippen molar-refractivity contribution in [1.82, 2.24) is 4.98 Å². The molecule has 0 atom stereocenters. The fourth-order valence-corrected chi connectivity index (χ4v) is 12.4. The Hall–Kier alpha value is -9.17. The Bertz CT molecular complexity index is 4200. The molecule has 0 bridgehead atoms. The summed E-state index contributed by atoms with van der Waals surface area (Å²) in [5.74, 6) is 0. The van der Waals surface area contributed by atoms with Gasteiger partial charge in [-0.2, -0.15) is 0 Å². The Morgan fingerprint density at radius 3 is 1.04 bits per heavy atom. The van der Waals surface area contributed by atoms with E-state index in [1.54, 1.807) is 0 Å². The predicted molar refractivity (Wildman–Crippen MR) is 296 cm³/mol. The van der Waals surface area contributed by atoms with Crippen LogP contribution in [0.5, 0.6) is 0 Å². The first-order chi connectivity index (χ1) is 34.8. The van der Waals surface area contributed by atoms with Crippen molar-refractivity contribution >= 4 is 43.1 Å². The van der Waals surface area contributed by atoms with Gasteiger partial charge in [0.15, 0.2) is 0 Å². The molecule has 12 aromatic carbocycles. The zero-order valence-corrected chi connectivity index (χ0v) is 38.1. The molecule has 0 saturated heterocycles. The molecule has 0 saturated carbocycles. The largest absolute Gasteiger partial charge is 0.256 e. The first kappa shape index (κ1) is 38.9. The van der Waals surface area contributed by atoms with E-state index >= 15 is 0 Å². The zero-order chi connectivity index (χ0) is 45.9. The van der Waals surface area contributed by atoms with Crippen LogP contribution in [-0.4, -0.2) is 4.98 Å². The van der Waals surface area contributed by atoms with Crippen LogP contribution in [0.25, 0.3) is 154 Å². The number of nitrogens with zero attached hydrogens (tertiary/aromatic N) is 1. The van der Waals surface area contributed by atoms with Crippen molar-refractivity contribution in [2.24, 2.45) is 0 Å².